The standard InChI is InChI=1S/C12H21N/c1-2-4-9(3-1)12-10-5-6-11(12)8-13-7-10/h9-13H,1-8H2. The van der Waals surface area contributed by atoms with Gasteiger partial charge in [0, 0.05) is 0 Å². The van der Waals surface area contributed by atoms with E-state index in [0.29, 0.717) is 0 Å². The van der Waals surface area contributed by atoms with Gasteiger partial charge in [-0.25, -0.2) is 0 Å². The summed E-state index contributed by atoms with van der Waals surface area (Å²) in [6.45, 7) is 2.66. The Kier molecular flexibility index (Phi) is 2.08. The highest BCUT2D eigenvalue weighted by atomic mass is 14.9. The monoisotopic (exact) mass is 179 g/mol. The molecule has 3 fully saturated rings. The van der Waals surface area contributed by atoms with Crippen molar-refractivity contribution in [3.05, 3.63) is 0 Å². The third-order valence-corrected chi connectivity index (χ3v) is 4.75. The van der Waals surface area contributed by atoms with Crippen molar-refractivity contribution >= 4 is 0 Å². The minimum absolute atomic E-state index is 1.06. The fourth-order valence-corrected chi connectivity index (χ4v) is 4.24. The summed E-state index contributed by atoms with van der Waals surface area (Å²) in [5.74, 6) is 4.37. The van der Waals surface area contributed by atoms with Gasteiger partial charge in [0.05, 0.1) is 0 Å². The van der Waals surface area contributed by atoms with E-state index in [2.05, 4.69) is 5.32 Å². The SMILES string of the molecule is C1CCC(C2C3CCC2CNC3)C1. The van der Waals surface area contributed by atoms with E-state index < -0.39 is 0 Å². The van der Waals surface area contributed by atoms with Gasteiger partial charge in [-0.05, 0) is 49.6 Å². The molecule has 3 rings (SSSR count). The predicted octanol–water partition coefficient (Wildman–Crippen LogP) is 2.42. The molecule has 2 bridgehead atoms. The molecule has 2 unspecified atom stereocenters. The summed E-state index contributed by atoms with van der Waals surface area (Å²) in [7, 11) is 0. The second kappa shape index (κ2) is 3.27. The fourth-order valence-electron chi connectivity index (χ4n) is 4.24. The van der Waals surface area contributed by atoms with Gasteiger partial charge in [0.1, 0.15) is 0 Å². The molecule has 2 atom stereocenters. The molecule has 3 aliphatic rings. The van der Waals surface area contributed by atoms with Crippen molar-refractivity contribution in [1.82, 2.24) is 5.32 Å². The molecule has 0 radical (unpaired) electrons. The number of nitrogens with one attached hydrogen (secondary N) is 1. The molecular weight excluding hydrogens is 158 g/mol. The predicted molar refractivity (Wildman–Crippen MR) is 54.5 cm³/mol. The van der Waals surface area contributed by atoms with Crippen LogP contribution < -0.4 is 5.32 Å². The van der Waals surface area contributed by atoms with Crippen LogP contribution in [0.1, 0.15) is 38.5 Å². The molecule has 74 valence electrons. The molecule has 13 heavy (non-hydrogen) atoms. The van der Waals surface area contributed by atoms with Crippen molar-refractivity contribution in [3.8, 4) is 0 Å². The maximum Gasteiger partial charge on any atom is -0.00175 e. The third kappa shape index (κ3) is 1.32. The quantitative estimate of drug-likeness (QED) is 0.652. The number of hydrogen-bond donors (Lipinski definition) is 1. The van der Waals surface area contributed by atoms with Crippen LogP contribution in [0, 0.1) is 23.7 Å². The summed E-state index contributed by atoms with van der Waals surface area (Å²) in [4.78, 5) is 0. The first-order valence-corrected chi connectivity index (χ1v) is 6.16. The summed E-state index contributed by atoms with van der Waals surface area (Å²) in [5, 5.41) is 3.60. The second-order valence-electron chi connectivity index (χ2n) is 5.38. The molecule has 0 aromatic rings. The highest BCUT2D eigenvalue weighted by molar-refractivity contribution is 4.95. The van der Waals surface area contributed by atoms with Crippen LogP contribution in [0.3, 0.4) is 0 Å². The van der Waals surface area contributed by atoms with Crippen molar-refractivity contribution in [3.63, 3.8) is 0 Å². The smallest absolute Gasteiger partial charge is 0.00175 e. The molecule has 2 aliphatic carbocycles. The number of rotatable bonds is 1. The summed E-state index contributed by atoms with van der Waals surface area (Å²) in [6.07, 6.45) is 9.20. The van der Waals surface area contributed by atoms with Crippen LogP contribution in [0.15, 0.2) is 0 Å². The van der Waals surface area contributed by atoms with E-state index in [9.17, 15) is 0 Å². The zero-order valence-electron chi connectivity index (χ0n) is 8.47. The van der Waals surface area contributed by atoms with Gasteiger partial charge in [0.2, 0.25) is 0 Å². The molecule has 1 nitrogen and oxygen atoms in total. The number of hydrogen-bond acceptors (Lipinski definition) is 1. The molecule has 1 N–H and O–H groups in total. The molecule has 1 heteroatoms. The van der Waals surface area contributed by atoms with Crippen LogP contribution in [-0.4, -0.2) is 13.1 Å². The first-order valence-electron chi connectivity index (χ1n) is 6.16. The Hall–Kier alpha value is -0.0400. The van der Waals surface area contributed by atoms with E-state index in [4.69, 9.17) is 0 Å². The van der Waals surface area contributed by atoms with Crippen LogP contribution in [0.25, 0.3) is 0 Å². The van der Waals surface area contributed by atoms with E-state index in [1.807, 2.05) is 0 Å². The molecule has 0 amide bonds. The second-order valence-corrected chi connectivity index (χ2v) is 5.38. The summed E-state index contributed by atoms with van der Waals surface area (Å²) in [5.41, 5.74) is 0. The third-order valence-electron chi connectivity index (χ3n) is 4.75. The maximum atomic E-state index is 3.60. The summed E-state index contributed by atoms with van der Waals surface area (Å²) < 4.78 is 0. The van der Waals surface area contributed by atoms with Crippen molar-refractivity contribution in [2.75, 3.05) is 13.1 Å². The van der Waals surface area contributed by atoms with Gasteiger partial charge in [-0.15, -0.1) is 0 Å². The Morgan fingerprint density at radius 2 is 1.31 bits per heavy atom. The van der Waals surface area contributed by atoms with Crippen molar-refractivity contribution in [1.29, 1.82) is 0 Å². The number of fused-ring (bicyclic) bond motifs is 2. The van der Waals surface area contributed by atoms with Crippen molar-refractivity contribution in [2.45, 2.75) is 38.5 Å². The van der Waals surface area contributed by atoms with Gasteiger partial charge in [-0.2, -0.15) is 0 Å². The summed E-state index contributed by atoms with van der Waals surface area (Å²) >= 11 is 0. The Morgan fingerprint density at radius 1 is 0.692 bits per heavy atom. The van der Waals surface area contributed by atoms with E-state index in [-0.39, 0.29) is 0 Å². The minimum Gasteiger partial charge on any atom is -0.316 e. The van der Waals surface area contributed by atoms with Gasteiger partial charge < -0.3 is 5.32 Å². The summed E-state index contributed by atoms with van der Waals surface area (Å²) in [6, 6.07) is 0. The Balaban J connectivity index is 1.75. The lowest BCUT2D eigenvalue weighted by molar-refractivity contribution is 0.166. The topological polar surface area (TPSA) is 12.0 Å². The van der Waals surface area contributed by atoms with Gasteiger partial charge in [0.25, 0.3) is 0 Å². The molecule has 1 aliphatic heterocycles. The van der Waals surface area contributed by atoms with E-state index in [1.54, 1.807) is 12.8 Å². The van der Waals surface area contributed by atoms with Crippen LogP contribution in [0.2, 0.25) is 0 Å². The highest BCUT2D eigenvalue weighted by Crippen LogP contribution is 2.48. The fraction of sp³-hybridized carbons (Fsp3) is 1.00. The van der Waals surface area contributed by atoms with E-state index in [0.717, 1.165) is 23.7 Å². The molecule has 1 saturated heterocycles. The normalized spacial score (nSPS) is 45.7. The highest BCUT2D eigenvalue weighted by Gasteiger charge is 2.43. The lowest BCUT2D eigenvalue weighted by Gasteiger charge is -2.35. The van der Waals surface area contributed by atoms with Gasteiger partial charge >= 0.3 is 0 Å². The van der Waals surface area contributed by atoms with Crippen molar-refractivity contribution in [2.24, 2.45) is 23.7 Å². The first kappa shape index (κ1) is 8.28. The molecule has 0 spiro atoms. The zero-order chi connectivity index (χ0) is 8.67. The van der Waals surface area contributed by atoms with Crippen LogP contribution in [0.4, 0.5) is 0 Å². The molecule has 0 aromatic heterocycles. The lowest BCUT2D eigenvalue weighted by Crippen LogP contribution is -2.40. The molecule has 1 heterocycles. The Bertz CT molecular complexity index is 168. The van der Waals surface area contributed by atoms with Crippen molar-refractivity contribution < 1.29 is 0 Å². The molecular formula is C12H21N. The maximum absolute atomic E-state index is 3.60. The van der Waals surface area contributed by atoms with E-state index >= 15 is 0 Å². The zero-order valence-corrected chi connectivity index (χ0v) is 8.47. The van der Waals surface area contributed by atoms with Gasteiger partial charge in [-0.1, -0.05) is 25.7 Å². The number of piperidine rings is 1. The Labute approximate surface area is 81.3 Å². The molecule has 2 saturated carbocycles. The minimum atomic E-state index is 1.06. The molecule has 0 aromatic carbocycles. The first-order chi connectivity index (χ1) is 6.45. The van der Waals surface area contributed by atoms with Gasteiger partial charge in [-0.3, -0.25) is 0 Å². The largest absolute Gasteiger partial charge is 0.316 e. The Morgan fingerprint density at radius 3 is 1.92 bits per heavy atom. The lowest BCUT2D eigenvalue weighted by atomic mass is 9.76. The van der Waals surface area contributed by atoms with Gasteiger partial charge in [0.15, 0.2) is 0 Å². The van der Waals surface area contributed by atoms with Crippen LogP contribution in [-0.2, 0) is 0 Å². The average Bonchev–Trinajstić information content (AvgIpc) is 2.72. The van der Waals surface area contributed by atoms with E-state index in [1.165, 1.54) is 38.8 Å². The average molecular weight is 179 g/mol. The van der Waals surface area contributed by atoms with Crippen LogP contribution in [0.5, 0.6) is 0 Å². The van der Waals surface area contributed by atoms with Crippen LogP contribution >= 0.6 is 0 Å².